The Morgan fingerprint density at radius 3 is 2.84 bits per heavy atom. The SMILES string of the molecule is Brc1ccc2ncnc(NCc3nc4ccccc4n3C3CC3)c2c1. The van der Waals surface area contributed by atoms with Crippen molar-refractivity contribution in [2.24, 2.45) is 0 Å². The Balaban J connectivity index is 1.52. The Hall–Kier alpha value is -2.47. The van der Waals surface area contributed by atoms with Gasteiger partial charge in [0.05, 0.1) is 23.1 Å². The van der Waals surface area contributed by atoms with Crippen molar-refractivity contribution in [2.75, 3.05) is 5.32 Å². The molecule has 0 bridgehead atoms. The topological polar surface area (TPSA) is 55.6 Å². The highest BCUT2D eigenvalue weighted by Gasteiger charge is 2.27. The van der Waals surface area contributed by atoms with Crippen LogP contribution in [0.2, 0.25) is 0 Å². The van der Waals surface area contributed by atoms with E-state index in [1.807, 2.05) is 24.3 Å². The Morgan fingerprint density at radius 2 is 1.96 bits per heavy atom. The van der Waals surface area contributed by atoms with Crippen LogP contribution in [0, 0.1) is 0 Å². The molecule has 0 saturated heterocycles. The molecule has 25 heavy (non-hydrogen) atoms. The highest BCUT2D eigenvalue weighted by atomic mass is 79.9. The third-order valence-electron chi connectivity index (χ3n) is 4.59. The monoisotopic (exact) mass is 393 g/mol. The molecule has 1 saturated carbocycles. The van der Waals surface area contributed by atoms with Crippen LogP contribution in [-0.2, 0) is 6.54 Å². The summed E-state index contributed by atoms with van der Waals surface area (Å²) in [6.07, 6.45) is 4.07. The summed E-state index contributed by atoms with van der Waals surface area (Å²) < 4.78 is 3.39. The fourth-order valence-corrected chi connectivity index (χ4v) is 3.65. The van der Waals surface area contributed by atoms with E-state index in [2.05, 4.69) is 54.0 Å². The van der Waals surface area contributed by atoms with Crippen molar-refractivity contribution in [3.8, 4) is 0 Å². The summed E-state index contributed by atoms with van der Waals surface area (Å²) in [5.74, 6) is 1.89. The van der Waals surface area contributed by atoms with Gasteiger partial charge in [-0.25, -0.2) is 15.0 Å². The molecule has 2 aromatic carbocycles. The molecule has 4 aromatic rings. The minimum absolute atomic E-state index is 0.584. The summed E-state index contributed by atoms with van der Waals surface area (Å²) in [7, 11) is 0. The first-order valence-corrected chi connectivity index (χ1v) is 9.19. The lowest BCUT2D eigenvalue weighted by molar-refractivity contribution is 0.710. The van der Waals surface area contributed by atoms with Crippen molar-refractivity contribution >= 4 is 43.7 Å². The number of hydrogen-bond donors (Lipinski definition) is 1. The average Bonchev–Trinajstić information content (AvgIpc) is 3.40. The number of nitrogens with one attached hydrogen (secondary N) is 1. The van der Waals surface area contributed by atoms with E-state index in [1.54, 1.807) is 6.33 Å². The van der Waals surface area contributed by atoms with Crippen LogP contribution in [0.3, 0.4) is 0 Å². The number of nitrogens with zero attached hydrogens (tertiary/aromatic N) is 4. The molecule has 5 rings (SSSR count). The maximum atomic E-state index is 4.83. The molecule has 1 N–H and O–H groups in total. The number of fused-ring (bicyclic) bond motifs is 2. The van der Waals surface area contributed by atoms with Gasteiger partial charge in [0, 0.05) is 15.9 Å². The minimum atomic E-state index is 0.584. The Bertz CT molecular complexity index is 1080. The summed E-state index contributed by atoms with van der Waals surface area (Å²) in [6.45, 7) is 0.643. The van der Waals surface area contributed by atoms with Gasteiger partial charge in [-0.1, -0.05) is 28.1 Å². The van der Waals surface area contributed by atoms with Crippen LogP contribution in [-0.4, -0.2) is 19.5 Å². The summed E-state index contributed by atoms with van der Waals surface area (Å²) >= 11 is 3.53. The number of imidazole rings is 1. The van der Waals surface area contributed by atoms with Crippen molar-refractivity contribution in [3.05, 3.63) is 59.1 Å². The molecule has 5 nitrogen and oxygen atoms in total. The third-order valence-corrected chi connectivity index (χ3v) is 5.09. The maximum absolute atomic E-state index is 4.83. The molecule has 0 aliphatic heterocycles. The first-order valence-electron chi connectivity index (χ1n) is 8.39. The Kier molecular flexibility index (Phi) is 3.45. The fourth-order valence-electron chi connectivity index (χ4n) is 3.29. The van der Waals surface area contributed by atoms with Crippen molar-refractivity contribution < 1.29 is 0 Å². The standard InChI is InChI=1S/C19H16BrN5/c20-12-5-8-15-14(9-12)19(23-11-22-15)21-10-18-24-16-3-1-2-4-17(16)25(18)13-6-7-13/h1-5,8-9,11,13H,6-7,10H2,(H,21,22,23). The molecule has 1 aliphatic carbocycles. The van der Waals surface area contributed by atoms with Gasteiger partial charge in [0.2, 0.25) is 0 Å². The van der Waals surface area contributed by atoms with Crippen molar-refractivity contribution in [3.63, 3.8) is 0 Å². The quantitative estimate of drug-likeness (QED) is 0.546. The van der Waals surface area contributed by atoms with Crippen LogP contribution < -0.4 is 5.32 Å². The summed E-state index contributed by atoms with van der Waals surface area (Å²) in [5, 5.41) is 4.47. The fraction of sp³-hybridized carbons (Fsp3) is 0.211. The zero-order chi connectivity index (χ0) is 16.8. The molecular weight excluding hydrogens is 378 g/mol. The van der Waals surface area contributed by atoms with Gasteiger partial charge in [-0.15, -0.1) is 0 Å². The van der Waals surface area contributed by atoms with Crippen LogP contribution in [0.15, 0.2) is 53.3 Å². The summed E-state index contributed by atoms with van der Waals surface area (Å²) in [5.41, 5.74) is 3.20. The predicted octanol–water partition coefficient (Wildman–Crippen LogP) is 4.69. The van der Waals surface area contributed by atoms with E-state index in [0.717, 1.165) is 32.5 Å². The van der Waals surface area contributed by atoms with Crippen LogP contribution in [0.5, 0.6) is 0 Å². The van der Waals surface area contributed by atoms with Crippen LogP contribution in [0.4, 0.5) is 5.82 Å². The molecule has 0 amide bonds. The van der Waals surface area contributed by atoms with Gasteiger partial charge in [0.25, 0.3) is 0 Å². The lowest BCUT2D eigenvalue weighted by Crippen LogP contribution is -2.09. The smallest absolute Gasteiger partial charge is 0.137 e. The first-order chi connectivity index (χ1) is 12.3. The molecule has 0 atom stereocenters. The van der Waals surface area contributed by atoms with Gasteiger partial charge in [-0.05, 0) is 43.2 Å². The van der Waals surface area contributed by atoms with Crippen LogP contribution in [0.1, 0.15) is 24.7 Å². The molecule has 0 radical (unpaired) electrons. The molecule has 0 spiro atoms. The second-order valence-corrected chi connectivity index (χ2v) is 7.27. The van der Waals surface area contributed by atoms with Crippen LogP contribution in [0.25, 0.3) is 21.9 Å². The number of halogens is 1. The van der Waals surface area contributed by atoms with Gasteiger partial charge in [-0.2, -0.15) is 0 Å². The van der Waals surface area contributed by atoms with Gasteiger partial charge in [-0.3, -0.25) is 0 Å². The average molecular weight is 394 g/mol. The molecule has 2 aromatic heterocycles. The number of anilines is 1. The maximum Gasteiger partial charge on any atom is 0.137 e. The molecule has 2 heterocycles. The normalized spacial score (nSPS) is 14.3. The highest BCUT2D eigenvalue weighted by molar-refractivity contribution is 9.10. The van der Waals surface area contributed by atoms with Gasteiger partial charge >= 0.3 is 0 Å². The Morgan fingerprint density at radius 1 is 1.08 bits per heavy atom. The molecule has 1 fully saturated rings. The van der Waals surface area contributed by atoms with E-state index in [9.17, 15) is 0 Å². The summed E-state index contributed by atoms with van der Waals surface area (Å²) in [4.78, 5) is 13.6. The van der Waals surface area contributed by atoms with Gasteiger partial charge in [0.15, 0.2) is 0 Å². The molecular formula is C19H16BrN5. The van der Waals surface area contributed by atoms with Gasteiger partial charge in [0.1, 0.15) is 18.0 Å². The number of rotatable bonds is 4. The van der Waals surface area contributed by atoms with E-state index in [1.165, 1.54) is 18.4 Å². The second kappa shape index (κ2) is 5.81. The van der Waals surface area contributed by atoms with Crippen molar-refractivity contribution in [2.45, 2.75) is 25.4 Å². The third kappa shape index (κ3) is 2.66. The molecule has 124 valence electrons. The number of para-hydroxylation sites is 2. The van der Waals surface area contributed by atoms with Crippen molar-refractivity contribution in [1.82, 2.24) is 19.5 Å². The molecule has 1 aliphatic rings. The molecule has 0 unspecified atom stereocenters. The van der Waals surface area contributed by atoms with Crippen LogP contribution >= 0.6 is 15.9 Å². The zero-order valence-corrected chi connectivity index (χ0v) is 15.1. The van der Waals surface area contributed by atoms with Gasteiger partial charge < -0.3 is 9.88 Å². The number of hydrogen-bond acceptors (Lipinski definition) is 4. The largest absolute Gasteiger partial charge is 0.362 e. The predicted molar refractivity (Wildman–Crippen MR) is 103 cm³/mol. The van der Waals surface area contributed by atoms with Crippen molar-refractivity contribution in [1.29, 1.82) is 0 Å². The second-order valence-electron chi connectivity index (χ2n) is 6.36. The minimum Gasteiger partial charge on any atom is -0.362 e. The lowest BCUT2D eigenvalue weighted by atomic mass is 10.2. The first kappa shape index (κ1) is 14.8. The van der Waals surface area contributed by atoms with E-state index >= 15 is 0 Å². The number of benzene rings is 2. The van der Waals surface area contributed by atoms with E-state index in [4.69, 9.17) is 4.98 Å². The zero-order valence-electron chi connectivity index (χ0n) is 13.5. The lowest BCUT2D eigenvalue weighted by Gasteiger charge is -2.11. The summed E-state index contributed by atoms with van der Waals surface area (Å²) in [6, 6.07) is 15.0. The van der Waals surface area contributed by atoms with E-state index in [0.29, 0.717) is 12.6 Å². The Labute approximate surface area is 153 Å². The van der Waals surface area contributed by atoms with E-state index in [-0.39, 0.29) is 0 Å². The highest BCUT2D eigenvalue weighted by Crippen LogP contribution is 2.38. The number of aromatic nitrogens is 4. The molecule has 6 heteroatoms. The van der Waals surface area contributed by atoms with E-state index < -0.39 is 0 Å².